The summed E-state index contributed by atoms with van der Waals surface area (Å²) in [6, 6.07) is 13.2. The summed E-state index contributed by atoms with van der Waals surface area (Å²) in [5.74, 6) is 0.295. The van der Waals surface area contributed by atoms with Crippen LogP contribution in [0.4, 0.5) is 0 Å². The molecule has 2 aromatic heterocycles. The molecule has 0 bridgehead atoms. The first-order valence-electron chi connectivity index (χ1n) is 7.59. The number of nitrogens with zero attached hydrogens (tertiary/aromatic N) is 3. The molecule has 0 saturated heterocycles. The van der Waals surface area contributed by atoms with Crippen LogP contribution in [0.2, 0.25) is 0 Å². The predicted molar refractivity (Wildman–Crippen MR) is 94.0 cm³/mol. The molecule has 0 aliphatic rings. The molecule has 0 amide bonds. The van der Waals surface area contributed by atoms with E-state index in [1.807, 2.05) is 49.4 Å². The lowest BCUT2D eigenvalue weighted by atomic mass is 10.2. The van der Waals surface area contributed by atoms with E-state index in [4.69, 9.17) is 4.74 Å². The van der Waals surface area contributed by atoms with Crippen molar-refractivity contribution in [3.8, 4) is 5.82 Å². The summed E-state index contributed by atoms with van der Waals surface area (Å²) < 4.78 is 8.03. The molecule has 0 radical (unpaired) electrons. The van der Waals surface area contributed by atoms with Gasteiger partial charge in [0.15, 0.2) is 5.82 Å². The first kappa shape index (κ1) is 16.4. The Morgan fingerprint density at radius 3 is 2.71 bits per heavy atom. The molecule has 3 aromatic rings. The highest BCUT2D eigenvalue weighted by Crippen LogP contribution is 2.19. The second-order valence-corrected chi connectivity index (χ2v) is 5.98. The van der Waals surface area contributed by atoms with Crippen LogP contribution in [-0.2, 0) is 17.8 Å². The molecule has 0 N–H and O–H groups in total. The molecule has 0 aliphatic heterocycles. The van der Waals surface area contributed by atoms with Crippen LogP contribution in [0.15, 0.2) is 59.3 Å². The van der Waals surface area contributed by atoms with Gasteiger partial charge in [-0.25, -0.2) is 14.5 Å². The number of halogens is 1. The van der Waals surface area contributed by atoms with Gasteiger partial charge >= 0.3 is 5.97 Å². The van der Waals surface area contributed by atoms with E-state index in [1.165, 1.54) is 6.20 Å². The van der Waals surface area contributed by atoms with Crippen LogP contribution in [0.1, 0.15) is 28.5 Å². The maximum absolute atomic E-state index is 12.4. The Labute approximate surface area is 148 Å². The molecule has 0 atom stereocenters. The lowest BCUT2D eigenvalue weighted by Crippen LogP contribution is -2.10. The largest absolute Gasteiger partial charge is 0.457 e. The number of ether oxygens (including phenoxy) is 1. The zero-order valence-corrected chi connectivity index (χ0v) is 14.7. The first-order chi connectivity index (χ1) is 11.7. The van der Waals surface area contributed by atoms with Gasteiger partial charge in [-0.15, -0.1) is 0 Å². The summed E-state index contributed by atoms with van der Waals surface area (Å²) in [6.07, 6.45) is 3.88. The monoisotopic (exact) mass is 385 g/mol. The second-order valence-electron chi connectivity index (χ2n) is 5.13. The average Bonchev–Trinajstić information content (AvgIpc) is 3.05. The number of hydrogen-bond donors (Lipinski definition) is 0. The van der Waals surface area contributed by atoms with E-state index in [9.17, 15) is 4.79 Å². The maximum atomic E-state index is 12.4. The highest BCUT2D eigenvalue weighted by molar-refractivity contribution is 9.10. The second kappa shape index (κ2) is 7.40. The van der Waals surface area contributed by atoms with E-state index < -0.39 is 0 Å². The van der Waals surface area contributed by atoms with Crippen molar-refractivity contribution in [1.29, 1.82) is 0 Å². The van der Waals surface area contributed by atoms with Crippen molar-refractivity contribution in [3.63, 3.8) is 0 Å². The zero-order valence-electron chi connectivity index (χ0n) is 13.1. The normalized spacial score (nSPS) is 10.6. The molecular formula is C18H16BrN3O2. The van der Waals surface area contributed by atoms with Gasteiger partial charge in [-0.2, -0.15) is 5.10 Å². The molecule has 2 heterocycles. The number of rotatable bonds is 5. The van der Waals surface area contributed by atoms with Gasteiger partial charge in [0.1, 0.15) is 12.2 Å². The van der Waals surface area contributed by atoms with Crippen LogP contribution in [0.25, 0.3) is 5.82 Å². The van der Waals surface area contributed by atoms with Crippen molar-refractivity contribution in [2.45, 2.75) is 20.0 Å². The molecule has 0 spiro atoms. The number of carbonyl (C=O) groups is 1. The predicted octanol–water partition coefficient (Wildman–Crippen LogP) is 3.95. The summed E-state index contributed by atoms with van der Waals surface area (Å²) in [6.45, 7) is 2.18. The van der Waals surface area contributed by atoms with E-state index in [1.54, 1.807) is 10.9 Å². The molecule has 24 heavy (non-hydrogen) atoms. The molecular weight excluding hydrogens is 370 g/mol. The van der Waals surface area contributed by atoms with Gasteiger partial charge < -0.3 is 4.74 Å². The highest BCUT2D eigenvalue weighted by atomic mass is 79.9. The number of hydrogen-bond acceptors (Lipinski definition) is 4. The Hall–Kier alpha value is -2.47. The Bertz CT molecular complexity index is 846. The Balaban J connectivity index is 1.81. The molecule has 0 unspecified atom stereocenters. The third kappa shape index (κ3) is 3.38. The SMILES string of the molecule is CCc1c(C(=O)OCc2ccccc2Br)cnn1-c1ccccn1. The first-order valence-corrected chi connectivity index (χ1v) is 8.39. The van der Waals surface area contributed by atoms with E-state index in [0.717, 1.165) is 15.7 Å². The minimum Gasteiger partial charge on any atom is -0.457 e. The summed E-state index contributed by atoms with van der Waals surface area (Å²) >= 11 is 3.45. The van der Waals surface area contributed by atoms with E-state index in [0.29, 0.717) is 17.8 Å². The molecule has 0 aliphatic carbocycles. The summed E-state index contributed by atoms with van der Waals surface area (Å²) in [5, 5.41) is 4.29. The van der Waals surface area contributed by atoms with Gasteiger partial charge in [0.25, 0.3) is 0 Å². The van der Waals surface area contributed by atoms with Crippen molar-refractivity contribution in [2.24, 2.45) is 0 Å². The topological polar surface area (TPSA) is 57.0 Å². The highest BCUT2D eigenvalue weighted by Gasteiger charge is 2.19. The van der Waals surface area contributed by atoms with Crippen molar-refractivity contribution in [1.82, 2.24) is 14.8 Å². The minimum absolute atomic E-state index is 0.207. The summed E-state index contributed by atoms with van der Waals surface area (Å²) in [4.78, 5) is 16.7. The van der Waals surface area contributed by atoms with Crippen LogP contribution < -0.4 is 0 Å². The van der Waals surface area contributed by atoms with Crippen molar-refractivity contribution in [2.75, 3.05) is 0 Å². The van der Waals surface area contributed by atoms with Gasteiger partial charge in [0.2, 0.25) is 0 Å². The van der Waals surface area contributed by atoms with Gasteiger partial charge in [0, 0.05) is 16.2 Å². The maximum Gasteiger partial charge on any atom is 0.341 e. The number of benzene rings is 1. The average molecular weight is 386 g/mol. The van der Waals surface area contributed by atoms with Crippen LogP contribution in [0, 0.1) is 0 Å². The fourth-order valence-electron chi connectivity index (χ4n) is 2.40. The molecule has 1 aromatic carbocycles. The van der Waals surface area contributed by atoms with Crippen LogP contribution in [-0.4, -0.2) is 20.7 Å². The van der Waals surface area contributed by atoms with Crippen LogP contribution in [0.3, 0.4) is 0 Å². The summed E-state index contributed by atoms with van der Waals surface area (Å²) in [5.41, 5.74) is 2.17. The molecule has 122 valence electrons. The fraction of sp³-hybridized carbons (Fsp3) is 0.167. The molecule has 6 heteroatoms. The molecule has 5 nitrogen and oxygen atoms in total. The fourth-order valence-corrected chi connectivity index (χ4v) is 2.80. The van der Waals surface area contributed by atoms with Gasteiger partial charge in [-0.3, -0.25) is 0 Å². The Morgan fingerprint density at radius 1 is 1.21 bits per heavy atom. The quantitative estimate of drug-likeness (QED) is 0.623. The molecule has 0 saturated carbocycles. The lowest BCUT2D eigenvalue weighted by molar-refractivity contribution is 0.0470. The smallest absolute Gasteiger partial charge is 0.341 e. The summed E-state index contributed by atoms with van der Waals surface area (Å²) in [7, 11) is 0. The van der Waals surface area contributed by atoms with E-state index in [-0.39, 0.29) is 12.6 Å². The third-order valence-electron chi connectivity index (χ3n) is 3.61. The Morgan fingerprint density at radius 2 is 2.00 bits per heavy atom. The number of pyridine rings is 1. The number of aromatic nitrogens is 3. The third-order valence-corrected chi connectivity index (χ3v) is 4.38. The van der Waals surface area contributed by atoms with Crippen molar-refractivity contribution < 1.29 is 9.53 Å². The number of carbonyl (C=O) groups excluding carboxylic acids is 1. The van der Waals surface area contributed by atoms with Gasteiger partial charge in [-0.05, 0) is 24.6 Å². The van der Waals surface area contributed by atoms with Gasteiger partial charge in [0.05, 0.1) is 11.9 Å². The van der Waals surface area contributed by atoms with E-state index >= 15 is 0 Å². The standard InChI is InChI=1S/C18H16BrN3O2/c1-2-16-14(11-21-22(16)17-9-5-6-10-20-17)18(23)24-12-13-7-3-4-8-15(13)19/h3-11H,2,12H2,1H3. The lowest BCUT2D eigenvalue weighted by Gasteiger charge is -2.08. The van der Waals surface area contributed by atoms with E-state index in [2.05, 4.69) is 26.0 Å². The van der Waals surface area contributed by atoms with Gasteiger partial charge in [-0.1, -0.05) is 47.1 Å². The Kier molecular flexibility index (Phi) is 5.05. The van der Waals surface area contributed by atoms with Crippen molar-refractivity contribution in [3.05, 3.63) is 76.2 Å². The van der Waals surface area contributed by atoms with Crippen molar-refractivity contribution >= 4 is 21.9 Å². The minimum atomic E-state index is -0.384. The zero-order chi connectivity index (χ0) is 16.9. The molecule has 3 rings (SSSR count). The number of esters is 1. The molecule has 0 fully saturated rings. The van der Waals surface area contributed by atoms with Crippen LogP contribution in [0.5, 0.6) is 0 Å². The van der Waals surface area contributed by atoms with Crippen LogP contribution >= 0.6 is 15.9 Å².